The molecule has 0 aliphatic heterocycles. The standard InChI is InChI=1S/C18H17ClN4OS/c19-14-5-6-16(21-11-14)23-17(24)7-8-25-18-13(10-20)9-12-3-1-2-4-15(12)22-18/h5-6,9,11H,1-4,7-8H2,(H,21,23,24). The number of hydrogen-bond acceptors (Lipinski definition) is 5. The summed E-state index contributed by atoms with van der Waals surface area (Å²) in [5.74, 6) is 0.905. The van der Waals surface area contributed by atoms with Gasteiger partial charge in [-0.05, 0) is 49.4 Å². The molecule has 1 N–H and O–H groups in total. The molecule has 0 bridgehead atoms. The smallest absolute Gasteiger partial charge is 0.226 e. The van der Waals surface area contributed by atoms with Crippen molar-refractivity contribution in [3.8, 4) is 6.07 Å². The van der Waals surface area contributed by atoms with E-state index in [2.05, 4.69) is 21.4 Å². The molecule has 1 aliphatic rings. The summed E-state index contributed by atoms with van der Waals surface area (Å²) in [6.45, 7) is 0. The zero-order chi connectivity index (χ0) is 17.6. The fourth-order valence-corrected chi connectivity index (χ4v) is 3.73. The molecular formula is C18H17ClN4OS. The van der Waals surface area contributed by atoms with Crippen LogP contribution >= 0.6 is 23.4 Å². The lowest BCUT2D eigenvalue weighted by Crippen LogP contribution is -2.13. The number of aryl methyl sites for hydroxylation is 2. The number of pyridine rings is 2. The molecule has 3 rings (SSSR count). The highest BCUT2D eigenvalue weighted by molar-refractivity contribution is 7.99. The van der Waals surface area contributed by atoms with Gasteiger partial charge in [0.25, 0.3) is 0 Å². The highest BCUT2D eigenvalue weighted by atomic mass is 35.5. The van der Waals surface area contributed by atoms with Gasteiger partial charge >= 0.3 is 0 Å². The van der Waals surface area contributed by atoms with Crippen LogP contribution in [0.4, 0.5) is 5.82 Å². The summed E-state index contributed by atoms with van der Waals surface area (Å²) in [5.41, 5.74) is 2.90. The van der Waals surface area contributed by atoms with E-state index in [9.17, 15) is 10.1 Å². The number of rotatable bonds is 5. The van der Waals surface area contributed by atoms with Crippen LogP contribution < -0.4 is 5.32 Å². The molecule has 0 saturated heterocycles. The van der Waals surface area contributed by atoms with Crippen LogP contribution in [0.25, 0.3) is 0 Å². The Balaban J connectivity index is 1.57. The van der Waals surface area contributed by atoms with Gasteiger partial charge in [0.1, 0.15) is 16.9 Å². The first kappa shape index (κ1) is 17.7. The molecule has 0 unspecified atom stereocenters. The lowest BCUT2D eigenvalue weighted by molar-refractivity contribution is -0.115. The molecule has 2 aromatic heterocycles. The third-order valence-electron chi connectivity index (χ3n) is 3.95. The number of amides is 1. The third kappa shape index (κ3) is 4.71. The minimum Gasteiger partial charge on any atom is -0.311 e. The first-order valence-corrected chi connectivity index (χ1v) is 9.49. The van der Waals surface area contributed by atoms with Crippen molar-refractivity contribution in [2.45, 2.75) is 37.1 Å². The van der Waals surface area contributed by atoms with Crippen molar-refractivity contribution in [3.63, 3.8) is 0 Å². The second kappa shape index (κ2) is 8.32. The van der Waals surface area contributed by atoms with Crippen molar-refractivity contribution >= 4 is 35.1 Å². The molecule has 1 aliphatic carbocycles. The van der Waals surface area contributed by atoms with Crippen LogP contribution in [0.3, 0.4) is 0 Å². The average Bonchev–Trinajstić information content (AvgIpc) is 2.63. The quantitative estimate of drug-likeness (QED) is 0.802. The van der Waals surface area contributed by atoms with Gasteiger partial charge in [-0.15, -0.1) is 11.8 Å². The predicted molar refractivity (Wildman–Crippen MR) is 98.8 cm³/mol. The Morgan fingerprint density at radius 2 is 2.20 bits per heavy atom. The van der Waals surface area contributed by atoms with Gasteiger partial charge in [0.15, 0.2) is 0 Å². The molecule has 0 fully saturated rings. The second-order valence-electron chi connectivity index (χ2n) is 5.77. The molecule has 128 valence electrons. The summed E-state index contributed by atoms with van der Waals surface area (Å²) in [5, 5.41) is 13.3. The second-order valence-corrected chi connectivity index (χ2v) is 7.29. The number of anilines is 1. The number of carbonyl (C=O) groups excluding carboxylic acids is 1. The summed E-state index contributed by atoms with van der Waals surface area (Å²) in [4.78, 5) is 20.7. The van der Waals surface area contributed by atoms with E-state index < -0.39 is 0 Å². The van der Waals surface area contributed by atoms with Gasteiger partial charge in [0.05, 0.1) is 10.6 Å². The molecule has 0 spiro atoms. The number of nitrogens with one attached hydrogen (secondary N) is 1. The maximum atomic E-state index is 12.0. The molecule has 5 nitrogen and oxygen atoms in total. The van der Waals surface area contributed by atoms with Crippen LogP contribution in [-0.4, -0.2) is 21.6 Å². The fourth-order valence-electron chi connectivity index (χ4n) is 2.70. The lowest BCUT2D eigenvalue weighted by Gasteiger charge is -2.16. The Labute approximate surface area is 155 Å². The van der Waals surface area contributed by atoms with Gasteiger partial charge in [0, 0.05) is 24.1 Å². The van der Waals surface area contributed by atoms with Crippen LogP contribution in [0.2, 0.25) is 5.02 Å². The lowest BCUT2D eigenvalue weighted by atomic mass is 9.95. The van der Waals surface area contributed by atoms with E-state index >= 15 is 0 Å². The van der Waals surface area contributed by atoms with Crippen molar-refractivity contribution in [1.82, 2.24) is 9.97 Å². The Hall–Kier alpha value is -2.10. The van der Waals surface area contributed by atoms with Crippen molar-refractivity contribution < 1.29 is 4.79 Å². The van der Waals surface area contributed by atoms with Crippen molar-refractivity contribution in [1.29, 1.82) is 5.26 Å². The normalized spacial score (nSPS) is 13.0. The summed E-state index contributed by atoms with van der Waals surface area (Å²) in [6, 6.07) is 7.52. The molecule has 0 aromatic carbocycles. The molecule has 0 atom stereocenters. The van der Waals surface area contributed by atoms with Gasteiger partial charge in [-0.2, -0.15) is 5.26 Å². The minimum atomic E-state index is -0.126. The van der Waals surface area contributed by atoms with Gasteiger partial charge in [-0.25, -0.2) is 9.97 Å². The topological polar surface area (TPSA) is 78.7 Å². The van der Waals surface area contributed by atoms with Gasteiger partial charge in [-0.1, -0.05) is 11.6 Å². The van der Waals surface area contributed by atoms with Crippen LogP contribution in [0.1, 0.15) is 36.1 Å². The van der Waals surface area contributed by atoms with Crippen molar-refractivity contribution in [3.05, 3.63) is 46.2 Å². The summed E-state index contributed by atoms with van der Waals surface area (Å²) in [7, 11) is 0. The Morgan fingerprint density at radius 3 is 2.96 bits per heavy atom. The molecule has 1 amide bonds. The zero-order valence-corrected chi connectivity index (χ0v) is 15.2. The molecule has 0 radical (unpaired) electrons. The first-order valence-electron chi connectivity index (χ1n) is 8.13. The van der Waals surface area contributed by atoms with E-state index in [1.54, 1.807) is 12.1 Å². The van der Waals surface area contributed by atoms with Crippen molar-refractivity contribution in [2.75, 3.05) is 11.1 Å². The SMILES string of the molecule is N#Cc1cc2c(nc1SCCC(=O)Nc1ccc(Cl)cn1)CCCC2. The maximum absolute atomic E-state index is 12.0. The van der Waals surface area contributed by atoms with E-state index in [0.29, 0.717) is 28.6 Å². The molecule has 7 heteroatoms. The van der Waals surface area contributed by atoms with Crippen LogP contribution in [0, 0.1) is 11.3 Å². The van der Waals surface area contributed by atoms with Crippen LogP contribution in [0.15, 0.2) is 29.4 Å². The number of aromatic nitrogens is 2. The number of carbonyl (C=O) groups is 1. The average molecular weight is 373 g/mol. The largest absolute Gasteiger partial charge is 0.311 e. The summed E-state index contributed by atoms with van der Waals surface area (Å²) in [6.07, 6.45) is 6.08. The molecular weight excluding hydrogens is 356 g/mol. The van der Waals surface area contributed by atoms with E-state index in [0.717, 1.165) is 36.4 Å². The van der Waals surface area contributed by atoms with Gasteiger partial charge < -0.3 is 5.32 Å². The monoisotopic (exact) mass is 372 g/mol. The van der Waals surface area contributed by atoms with E-state index in [1.165, 1.54) is 23.5 Å². The number of thioether (sulfide) groups is 1. The number of nitrogens with zero attached hydrogens (tertiary/aromatic N) is 3. The number of halogens is 1. The number of fused-ring (bicyclic) bond motifs is 1. The van der Waals surface area contributed by atoms with Gasteiger partial charge in [-0.3, -0.25) is 4.79 Å². The highest BCUT2D eigenvalue weighted by Crippen LogP contribution is 2.27. The number of nitriles is 1. The maximum Gasteiger partial charge on any atom is 0.226 e. The van der Waals surface area contributed by atoms with E-state index in [1.807, 2.05) is 6.07 Å². The third-order valence-corrected chi connectivity index (χ3v) is 5.17. The first-order chi connectivity index (χ1) is 12.2. The molecule has 2 aromatic rings. The summed E-state index contributed by atoms with van der Waals surface area (Å²) < 4.78 is 0. The zero-order valence-electron chi connectivity index (χ0n) is 13.6. The molecule has 25 heavy (non-hydrogen) atoms. The molecule has 0 saturated carbocycles. The highest BCUT2D eigenvalue weighted by Gasteiger charge is 2.15. The van der Waals surface area contributed by atoms with Gasteiger partial charge in [0.2, 0.25) is 5.91 Å². The Kier molecular flexibility index (Phi) is 5.90. The minimum absolute atomic E-state index is 0.126. The van der Waals surface area contributed by atoms with E-state index in [-0.39, 0.29) is 5.91 Å². The summed E-state index contributed by atoms with van der Waals surface area (Å²) >= 11 is 7.22. The Bertz CT molecular complexity index is 817. The Morgan fingerprint density at radius 1 is 1.36 bits per heavy atom. The van der Waals surface area contributed by atoms with E-state index in [4.69, 9.17) is 11.6 Å². The molecule has 2 heterocycles. The number of hydrogen-bond donors (Lipinski definition) is 1. The van der Waals surface area contributed by atoms with Crippen LogP contribution in [-0.2, 0) is 17.6 Å². The predicted octanol–water partition coefficient (Wildman–Crippen LogP) is 4.00. The van der Waals surface area contributed by atoms with Crippen molar-refractivity contribution in [2.24, 2.45) is 0 Å². The van der Waals surface area contributed by atoms with Crippen LogP contribution in [0.5, 0.6) is 0 Å². The fraction of sp³-hybridized carbons (Fsp3) is 0.333.